The molecule has 9 heteroatoms. The molecule has 0 saturated carbocycles. The second-order valence-corrected chi connectivity index (χ2v) is 6.29. The zero-order chi connectivity index (χ0) is 17.6. The van der Waals surface area contributed by atoms with Crippen LogP contribution < -0.4 is 5.32 Å². The van der Waals surface area contributed by atoms with Gasteiger partial charge in [0.15, 0.2) is 11.7 Å². The number of benzene rings is 1. The molecule has 0 fully saturated rings. The van der Waals surface area contributed by atoms with Gasteiger partial charge < -0.3 is 14.6 Å². The molecule has 26 heavy (non-hydrogen) atoms. The maximum absolute atomic E-state index is 5.29. The summed E-state index contributed by atoms with van der Waals surface area (Å²) in [5.74, 6) is 2.66. The van der Waals surface area contributed by atoms with Crippen LogP contribution in [0.2, 0.25) is 0 Å². The molecule has 0 bridgehead atoms. The number of hydrogen-bond acceptors (Lipinski definition) is 4. The minimum atomic E-state index is 0. The third-order valence-electron chi connectivity index (χ3n) is 3.63. The summed E-state index contributed by atoms with van der Waals surface area (Å²) in [6.07, 6.45) is 1.60. The van der Waals surface area contributed by atoms with Gasteiger partial charge in [0, 0.05) is 25.1 Å². The van der Waals surface area contributed by atoms with Gasteiger partial charge in [0.25, 0.3) is 0 Å². The number of H-pyrrole nitrogens is 1. The molecule has 0 atom stereocenters. The van der Waals surface area contributed by atoms with E-state index in [1.54, 1.807) is 13.3 Å². The molecule has 3 aromatic rings. The Morgan fingerprint density at radius 2 is 2.12 bits per heavy atom. The van der Waals surface area contributed by atoms with Gasteiger partial charge in [-0.25, -0.2) is 4.98 Å². The fourth-order valence-corrected chi connectivity index (χ4v) is 2.81. The van der Waals surface area contributed by atoms with Crippen LogP contribution in [0.3, 0.4) is 0 Å². The lowest BCUT2D eigenvalue weighted by Crippen LogP contribution is -2.38. The summed E-state index contributed by atoms with van der Waals surface area (Å²) in [6.45, 7) is 1.22. The predicted molar refractivity (Wildman–Crippen MR) is 115 cm³/mol. The molecule has 0 aliphatic rings. The summed E-state index contributed by atoms with van der Waals surface area (Å²) in [5, 5.41) is 10.3. The predicted octanol–water partition coefficient (Wildman–Crippen LogP) is 3.65. The van der Waals surface area contributed by atoms with Gasteiger partial charge >= 0.3 is 0 Å². The van der Waals surface area contributed by atoms with Crippen LogP contribution in [0.15, 0.2) is 56.5 Å². The smallest absolute Gasteiger partial charge is 0.216 e. The number of nitrogens with one attached hydrogen (secondary N) is 2. The summed E-state index contributed by atoms with van der Waals surface area (Å²) in [5.41, 5.74) is 1.19. The molecule has 3 rings (SSSR count). The van der Waals surface area contributed by atoms with Crippen molar-refractivity contribution in [3.8, 4) is 11.6 Å². The second-order valence-electron chi connectivity index (χ2n) is 5.43. The van der Waals surface area contributed by atoms with E-state index in [9.17, 15) is 0 Å². The standard InChI is InChI=1S/C17H19BrN6O.HI/c1-19-17(24(2)11-12-6-3-4-7-13(12)18)20-10-15-21-16(23-22-15)14-8-5-9-25-14;/h3-9H,10-11H2,1-2H3,(H,19,20)(H,21,22,23);1H. The number of aliphatic imine (C=N–C) groups is 1. The Morgan fingerprint density at radius 1 is 1.31 bits per heavy atom. The molecule has 0 spiro atoms. The number of halogens is 2. The summed E-state index contributed by atoms with van der Waals surface area (Å²) >= 11 is 3.57. The molecule has 2 heterocycles. The van der Waals surface area contributed by atoms with Gasteiger partial charge in [-0.05, 0) is 23.8 Å². The first-order valence-corrected chi connectivity index (χ1v) is 8.57. The Balaban J connectivity index is 0.00000243. The molecule has 0 amide bonds. The molecular formula is C17H20BrIN6O. The van der Waals surface area contributed by atoms with E-state index in [1.165, 1.54) is 5.56 Å². The zero-order valence-electron chi connectivity index (χ0n) is 14.4. The van der Waals surface area contributed by atoms with Gasteiger partial charge in [-0.15, -0.1) is 29.1 Å². The van der Waals surface area contributed by atoms with E-state index in [1.807, 2.05) is 42.3 Å². The summed E-state index contributed by atoms with van der Waals surface area (Å²) in [7, 11) is 3.75. The van der Waals surface area contributed by atoms with Gasteiger partial charge in [0.05, 0.1) is 12.8 Å². The number of aromatic amines is 1. The number of furan rings is 1. The van der Waals surface area contributed by atoms with Gasteiger partial charge in [0.2, 0.25) is 5.82 Å². The number of nitrogens with zero attached hydrogens (tertiary/aromatic N) is 4. The van der Waals surface area contributed by atoms with Gasteiger partial charge in [-0.3, -0.25) is 10.1 Å². The molecule has 2 N–H and O–H groups in total. The van der Waals surface area contributed by atoms with Crippen LogP contribution in [-0.2, 0) is 13.1 Å². The number of aromatic nitrogens is 3. The van der Waals surface area contributed by atoms with Gasteiger partial charge in [-0.2, -0.15) is 0 Å². The monoisotopic (exact) mass is 530 g/mol. The molecule has 0 aliphatic heterocycles. The van der Waals surface area contributed by atoms with Crippen molar-refractivity contribution < 1.29 is 4.42 Å². The van der Waals surface area contributed by atoms with Crippen LogP contribution in [-0.4, -0.2) is 40.1 Å². The fraction of sp³-hybridized carbons (Fsp3) is 0.235. The SMILES string of the molecule is CN=C(NCc1nc(-c2ccco2)n[nH]1)N(C)Cc1ccccc1Br.I. The average Bonchev–Trinajstić information content (AvgIpc) is 3.28. The third-order valence-corrected chi connectivity index (χ3v) is 4.40. The van der Waals surface area contributed by atoms with E-state index in [2.05, 4.69) is 47.5 Å². The lowest BCUT2D eigenvalue weighted by Gasteiger charge is -2.22. The van der Waals surface area contributed by atoms with E-state index < -0.39 is 0 Å². The van der Waals surface area contributed by atoms with Crippen LogP contribution in [0.25, 0.3) is 11.6 Å². The molecule has 0 radical (unpaired) electrons. The number of rotatable bonds is 5. The van der Waals surface area contributed by atoms with Crippen molar-refractivity contribution >= 4 is 45.9 Å². The molecule has 0 saturated heterocycles. The number of guanidine groups is 1. The highest BCUT2D eigenvalue weighted by Gasteiger charge is 2.11. The molecule has 1 aromatic carbocycles. The van der Waals surface area contributed by atoms with Crippen LogP contribution in [0.4, 0.5) is 0 Å². The van der Waals surface area contributed by atoms with Crippen molar-refractivity contribution in [3.63, 3.8) is 0 Å². The highest BCUT2D eigenvalue weighted by molar-refractivity contribution is 14.0. The quantitative estimate of drug-likeness (QED) is 0.299. The Morgan fingerprint density at radius 3 is 2.81 bits per heavy atom. The fourth-order valence-electron chi connectivity index (χ4n) is 2.39. The van der Waals surface area contributed by atoms with E-state index in [-0.39, 0.29) is 24.0 Å². The molecular weight excluding hydrogens is 511 g/mol. The first kappa shape index (κ1) is 20.4. The Kier molecular flexibility index (Phi) is 7.64. The topological polar surface area (TPSA) is 82.3 Å². The lowest BCUT2D eigenvalue weighted by atomic mass is 10.2. The first-order chi connectivity index (χ1) is 12.2. The number of hydrogen-bond donors (Lipinski definition) is 2. The minimum absolute atomic E-state index is 0. The summed E-state index contributed by atoms with van der Waals surface area (Å²) < 4.78 is 6.37. The van der Waals surface area contributed by atoms with E-state index in [0.29, 0.717) is 24.0 Å². The van der Waals surface area contributed by atoms with Crippen LogP contribution in [0.1, 0.15) is 11.4 Å². The maximum Gasteiger partial charge on any atom is 0.216 e. The van der Waals surface area contributed by atoms with Crippen molar-refractivity contribution in [2.75, 3.05) is 14.1 Å². The largest absolute Gasteiger partial charge is 0.461 e. The van der Waals surface area contributed by atoms with Gasteiger partial charge in [-0.1, -0.05) is 34.1 Å². The van der Waals surface area contributed by atoms with E-state index >= 15 is 0 Å². The molecule has 138 valence electrons. The molecule has 2 aromatic heterocycles. The summed E-state index contributed by atoms with van der Waals surface area (Å²) in [4.78, 5) is 10.8. The second kappa shape index (κ2) is 9.72. The van der Waals surface area contributed by atoms with E-state index in [4.69, 9.17) is 4.42 Å². The Bertz CT molecular complexity index is 849. The van der Waals surface area contributed by atoms with Crippen molar-refractivity contribution in [1.82, 2.24) is 25.4 Å². The van der Waals surface area contributed by atoms with Crippen LogP contribution in [0, 0.1) is 0 Å². The lowest BCUT2D eigenvalue weighted by molar-refractivity contribution is 0.474. The maximum atomic E-state index is 5.29. The van der Waals surface area contributed by atoms with Crippen molar-refractivity contribution in [2.45, 2.75) is 13.1 Å². The van der Waals surface area contributed by atoms with Crippen molar-refractivity contribution in [3.05, 3.63) is 58.5 Å². The highest BCUT2D eigenvalue weighted by atomic mass is 127. The minimum Gasteiger partial charge on any atom is -0.461 e. The summed E-state index contributed by atoms with van der Waals surface area (Å²) in [6, 6.07) is 11.8. The highest BCUT2D eigenvalue weighted by Crippen LogP contribution is 2.17. The Hall–Kier alpha value is -1.88. The zero-order valence-corrected chi connectivity index (χ0v) is 18.4. The van der Waals surface area contributed by atoms with E-state index in [0.717, 1.165) is 17.0 Å². The van der Waals surface area contributed by atoms with Crippen LogP contribution in [0.5, 0.6) is 0 Å². The third kappa shape index (κ3) is 5.07. The average molecular weight is 531 g/mol. The molecule has 7 nitrogen and oxygen atoms in total. The molecule has 0 aliphatic carbocycles. The van der Waals surface area contributed by atoms with Gasteiger partial charge in [0.1, 0.15) is 5.82 Å². The Labute approximate surface area is 177 Å². The molecule has 0 unspecified atom stereocenters. The first-order valence-electron chi connectivity index (χ1n) is 7.77. The van der Waals surface area contributed by atoms with Crippen molar-refractivity contribution in [2.24, 2.45) is 4.99 Å². The van der Waals surface area contributed by atoms with Crippen molar-refractivity contribution in [1.29, 1.82) is 0 Å². The normalized spacial score (nSPS) is 11.1. The van der Waals surface area contributed by atoms with Crippen LogP contribution >= 0.6 is 39.9 Å².